The smallest absolute Gasteiger partial charge is 0.407 e. The largest absolute Gasteiger partial charge is 0.444 e. The van der Waals surface area contributed by atoms with Crippen LogP contribution in [0.2, 0.25) is 0 Å². The molecule has 0 atom stereocenters. The van der Waals surface area contributed by atoms with Crippen LogP contribution >= 0.6 is 0 Å². The number of alkyl carbamates (subject to hydrolysis) is 1. The molecule has 23 heavy (non-hydrogen) atoms. The second-order valence-electron chi connectivity index (χ2n) is 6.50. The number of rotatable bonds is 5. The first-order valence-electron chi connectivity index (χ1n) is 7.87. The van der Waals surface area contributed by atoms with Crippen LogP contribution in [0.1, 0.15) is 37.6 Å². The van der Waals surface area contributed by atoms with Gasteiger partial charge in [-0.15, -0.1) is 0 Å². The first-order chi connectivity index (χ1) is 10.9. The molecular formula is C19H24N2O2. The van der Waals surface area contributed by atoms with Crippen molar-refractivity contribution in [2.24, 2.45) is 0 Å². The van der Waals surface area contributed by atoms with Gasteiger partial charge in [-0.1, -0.05) is 30.3 Å². The van der Waals surface area contributed by atoms with E-state index in [9.17, 15) is 4.79 Å². The van der Waals surface area contributed by atoms with E-state index in [4.69, 9.17) is 4.74 Å². The molecule has 1 aromatic heterocycles. The zero-order chi connectivity index (χ0) is 16.7. The van der Waals surface area contributed by atoms with E-state index in [1.807, 2.05) is 39.0 Å². The molecule has 1 amide bonds. The number of benzene rings is 1. The lowest BCUT2D eigenvalue weighted by molar-refractivity contribution is 0.0523. The molecule has 0 unspecified atom stereocenters. The number of aromatic nitrogens is 1. The van der Waals surface area contributed by atoms with E-state index in [1.54, 1.807) is 6.20 Å². The second kappa shape index (κ2) is 7.77. The zero-order valence-electron chi connectivity index (χ0n) is 14.0. The van der Waals surface area contributed by atoms with Gasteiger partial charge in [0, 0.05) is 6.20 Å². The van der Waals surface area contributed by atoms with Crippen LogP contribution in [0.4, 0.5) is 4.79 Å². The maximum atomic E-state index is 11.7. The van der Waals surface area contributed by atoms with Gasteiger partial charge in [-0.05, 0) is 56.9 Å². The average Bonchev–Trinajstić information content (AvgIpc) is 2.51. The van der Waals surface area contributed by atoms with Gasteiger partial charge in [-0.3, -0.25) is 4.98 Å². The molecule has 4 nitrogen and oxygen atoms in total. The summed E-state index contributed by atoms with van der Waals surface area (Å²) >= 11 is 0. The van der Waals surface area contributed by atoms with Gasteiger partial charge in [0.05, 0.1) is 12.2 Å². The average molecular weight is 312 g/mol. The SMILES string of the molecule is CC(C)(C)OC(=O)NCc1cc(CCc2ccccc2)ccn1. The maximum absolute atomic E-state index is 11.7. The molecule has 0 radical (unpaired) electrons. The van der Waals surface area contributed by atoms with E-state index >= 15 is 0 Å². The molecule has 122 valence electrons. The van der Waals surface area contributed by atoms with Crippen LogP contribution in [0.15, 0.2) is 48.7 Å². The molecule has 2 aromatic rings. The van der Waals surface area contributed by atoms with Gasteiger partial charge < -0.3 is 10.1 Å². The lowest BCUT2D eigenvalue weighted by atomic mass is 10.0. The lowest BCUT2D eigenvalue weighted by Gasteiger charge is -2.19. The van der Waals surface area contributed by atoms with Gasteiger partial charge in [0.2, 0.25) is 0 Å². The van der Waals surface area contributed by atoms with Gasteiger partial charge in [-0.2, -0.15) is 0 Å². The third-order valence-electron chi connectivity index (χ3n) is 3.24. The highest BCUT2D eigenvalue weighted by atomic mass is 16.6. The summed E-state index contributed by atoms with van der Waals surface area (Å²) in [6, 6.07) is 14.4. The van der Waals surface area contributed by atoms with Crippen LogP contribution in [-0.2, 0) is 24.1 Å². The molecule has 0 bridgehead atoms. The molecule has 0 aliphatic rings. The summed E-state index contributed by atoms with van der Waals surface area (Å²) in [4.78, 5) is 16.0. The Kier molecular flexibility index (Phi) is 5.74. The summed E-state index contributed by atoms with van der Waals surface area (Å²) in [5.74, 6) is 0. The predicted molar refractivity (Wildman–Crippen MR) is 91.2 cm³/mol. The van der Waals surface area contributed by atoms with E-state index in [0.717, 1.165) is 18.5 Å². The molecule has 0 aliphatic heterocycles. The van der Waals surface area contributed by atoms with Crippen molar-refractivity contribution in [2.75, 3.05) is 0 Å². The van der Waals surface area contributed by atoms with Crippen molar-refractivity contribution in [3.63, 3.8) is 0 Å². The van der Waals surface area contributed by atoms with E-state index in [1.165, 1.54) is 11.1 Å². The Labute approximate surface area is 137 Å². The van der Waals surface area contributed by atoms with Crippen LogP contribution < -0.4 is 5.32 Å². The number of ether oxygens (including phenoxy) is 1. The first-order valence-corrected chi connectivity index (χ1v) is 7.87. The lowest BCUT2D eigenvalue weighted by Crippen LogP contribution is -2.32. The number of amides is 1. The minimum atomic E-state index is -0.491. The van der Waals surface area contributed by atoms with Gasteiger partial charge >= 0.3 is 6.09 Å². The Morgan fingerprint density at radius 1 is 1.09 bits per heavy atom. The summed E-state index contributed by atoms with van der Waals surface area (Å²) in [6.07, 6.45) is 3.30. The molecule has 1 aromatic carbocycles. The number of nitrogens with zero attached hydrogens (tertiary/aromatic N) is 1. The molecule has 0 fully saturated rings. The van der Waals surface area contributed by atoms with E-state index in [2.05, 4.69) is 34.6 Å². The van der Waals surface area contributed by atoms with Gasteiger partial charge in [0.1, 0.15) is 5.60 Å². The predicted octanol–water partition coefficient (Wildman–Crippen LogP) is 3.89. The molecule has 0 saturated carbocycles. The summed E-state index contributed by atoms with van der Waals surface area (Å²) in [6.45, 7) is 5.90. The first kappa shape index (κ1) is 17.0. The molecule has 1 N–H and O–H groups in total. The minimum Gasteiger partial charge on any atom is -0.444 e. The van der Waals surface area contributed by atoms with Crippen LogP contribution in [0.3, 0.4) is 0 Å². The van der Waals surface area contributed by atoms with Crippen LogP contribution in [-0.4, -0.2) is 16.7 Å². The number of carbonyl (C=O) groups is 1. The Balaban J connectivity index is 1.86. The number of carbonyl (C=O) groups excluding carboxylic acids is 1. The summed E-state index contributed by atoms with van der Waals surface area (Å²) in [5.41, 5.74) is 2.87. The van der Waals surface area contributed by atoms with Crippen molar-refractivity contribution < 1.29 is 9.53 Å². The van der Waals surface area contributed by atoms with Gasteiger partial charge in [0.25, 0.3) is 0 Å². The molecule has 0 spiro atoms. The molecule has 1 heterocycles. The maximum Gasteiger partial charge on any atom is 0.407 e. The van der Waals surface area contributed by atoms with E-state index in [-0.39, 0.29) is 0 Å². The number of hydrogen-bond acceptors (Lipinski definition) is 3. The second-order valence-corrected chi connectivity index (χ2v) is 6.50. The molecule has 4 heteroatoms. The Morgan fingerprint density at radius 3 is 2.48 bits per heavy atom. The highest BCUT2D eigenvalue weighted by molar-refractivity contribution is 5.67. The Hall–Kier alpha value is -2.36. The fraction of sp³-hybridized carbons (Fsp3) is 0.368. The quantitative estimate of drug-likeness (QED) is 0.911. The third kappa shape index (κ3) is 6.51. The molecule has 2 rings (SSSR count). The molecular weight excluding hydrogens is 288 g/mol. The fourth-order valence-corrected chi connectivity index (χ4v) is 2.19. The van der Waals surface area contributed by atoms with Crippen molar-refractivity contribution in [3.8, 4) is 0 Å². The molecule has 0 saturated heterocycles. The highest BCUT2D eigenvalue weighted by Crippen LogP contribution is 2.09. The zero-order valence-corrected chi connectivity index (χ0v) is 14.0. The summed E-state index contributed by atoms with van der Waals surface area (Å²) < 4.78 is 5.22. The summed E-state index contributed by atoms with van der Waals surface area (Å²) in [7, 11) is 0. The number of hydrogen-bond donors (Lipinski definition) is 1. The van der Waals surface area contributed by atoms with Crippen LogP contribution in [0.5, 0.6) is 0 Å². The standard InChI is InChI=1S/C19H24N2O2/c1-19(2,3)23-18(22)21-14-17-13-16(11-12-20-17)10-9-15-7-5-4-6-8-15/h4-8,11-13H,9-10,14H2,1-3H3,(H,21,22). The summed E-state index contributed by atoms with van der Waals surface area (Å²) in [5, 5.41) is 2.73. The van der Waals surface area contributed by atoms with Crippen molar-refractivity contribution in [2.45, 2.75) is 45.8 Å². The Morgan fingerprint density at radius 2 is 1.78 bits per heavy atom. The van der Waals surface area contributed by atoms with Crippen molar-refractivity contribution in [1.29, 1.82) is 0 Å². The minimum absolute atomic E-state index is 0.369. The molecule has 0 aliphatic carbocycles. The van der Waals surface area contributed by atoms with Crippen LogP contribution in [0, 0.1) is 0 Å². The third-order valence-corrected chi connectivity index (χ3v) is 3.24. The van der Waals surface area contributed by atoms with E-state index in [0.29, 0.717) is 6.54 Å². The number of nitrogens with one attached hydrogen (secondary N) is 1. The van der Waals surface area contributed by atoms with Crippen molar-refractivity contribution in [3.05, 3.63) is 65.5 Å². The van der Waals surface area contributed by atoms with Crippen LogP contribution in [0.25, 0.3) is 0 Å². The van der Waals surface area contributed by atoms with Gasteiger partial charge in [0.15, 0.2) is 0 Å². The topological polar surface area (TPSA) is 51.2 Å². The van der Waals surface area contributed by atoms with Crippen molar-refractivity contribution in [1.82, 2.24) is 10.3 Å². The normalized spacial score (nSPS) is 11.1. The van der Waals surface area contributed by atoms with Crippen molar-refractivity contribution >= 4 is 6.09 Å². The monoisotopic (exact) mass is 312 g/mol. The highest BCUT2D eigenvalue weighted by Gasteiger charge is 2.15. The van der Waals surface area contributed by atoms with Gasteiger partial charge in [-0.25, -0.2) is 4.79 Å². The Bertz CT molecular complexity index is 633. The van der Waals surface area contributed by atoms with E-state index < -0.39 is 11.7 Å². The fourth-order valence-electron chi connectivity index (χ4n) is 2.19. The number of pyridine rings is 1. The number of aryl methyl sites for hydroxylation is 2.